The molecule has 2 aromatic heterocycles. The Balaban J connectivity index is 0.000000154. The van der Waals surface area contributed by atoms with Crippen molar-refractivity contribution in [2.75, 3.05) is 18.1 Å². The molecule has 2 saturated carbocycles. The van der Waals surface area contributed by atoms with Crippen LogP contribution in [-0.4, -0.2) is 65.2 Å². The number of nitrogen functional groups attached to an aromatic ring is 2. The van der Waals surface area contributed by atoms with Gasteiger partial charge < -0.3 is 31.1 Å². The molecular weight excluding hydrogens is 761 g/mol. The molecule has 2 amide bonds. The van der Waals surface area contributed by atoms with E-state index in [4.69, 9.17) is 16.2 Å². The Hall–Kier alpha value is -6.96. The number of ether oxygens (including phenoxy) is 1. The van der Waals surface area contributed by atoms with E-state index in [2.05, 4.69) is 19.9 Å². The number of amides is 2. The van der Waals surface area contributed by atoms with E-state index >= 15 is 0 Å². The van der Waals surface area contributed by atoms with Crippen LogP contribution < -0.4 is 11.5 Å². The summed E-state index contributed by atoms with van der Waals surface area (Å²) in [5.41, 5.74) is 17.9. The van der Waals surface area contributed by atoms with E-state index in [1.165, 1.54) is 0 Å². The lowest BCUT2D eigenvalue weighted by Crippen LogP contribution is -2.43. The Morgan fingerprint density at radius 1 is 0.617 bits per heavy atom. The SMILES string of the molecule is CCOC(=O)C1(c2ccc3nc(N)nc(C(=O)N4Cc5ccccc5C4)c3c2)CCC1.Nc1nc(C(=O)N2Cc3ccccc3C2)c2cc(C3(C(=O)O)CCC3)ccc2n1. The highest BCUT2D eigenvalue weighted by Gasteiger charge is 2.48. The summed E-state index contributed by atoms with van der Waals surface area (Å²) in [4.78, 5) is 72.1. The molecule has 0 bridgehead atoms. The number of anilines is 2. The molecule has 0 saturated heterocycles. The molecule has 2 aliphatic heterocycles. The van der Waals surface area contributed by atoms with Gasteiger partial charge in [-0.25, -0.2) is 19.9 Å². The number of rotatable bonds is 7. The van der Waals surface area contributed by atoms with Crippen LogP contribution in [-0.2, 0) is 51.3 Å². The fraction of sp³-hybridized carbons (Fsp3) is 0.304. The number of carbonyl (C=O) groups is 4. The molecule has 10 rings (SSSR count). The molecule has 304 valence electrons. The zero-order chi connectivity index (χ0) is 41.8. The average Bonchev–Trinajstić information content (AvgIpc) is 3.84. The largest absolute Gasteiger partial charge is 0.481 e. The number of aliphatic carboxylic acids is 1. The molecular formula is C46H44N8O6. The van der Waals surface area contributed by atoms with Crippen LogP contribution >= 0.6 is 0 Å². The third kappa shape index (κ3) is 6.52. The topological polar surface area (TPSA) is 208 Å². The number of nitrogens with zero attached hydrogens (tertiary/aromatic N) is 6. The van der Waals surface area contributed by atoms with E-state index in [1.54, 1.807) is 28.0 Å². The monoisotopic (exact) mass is 804 g/mol. The highest BCUT2D eigenvalue weighted by atomic mass is 16.5. The van der Waals surface area contributed by atoms with Gasteiger partial charge in [-0.2, -0.15) is 0 Å². The van der Waals surface area contributed by atoms with E-state index in [0.717, 1.165) is 53.5 Å². The molecule has 6 aromatic rings. The second-order valence-corrected chi connectivity index (χ2v) is 16.1. The Labute approximate surface area is 345 Å². The molecule has 0 unspecified atom stereocenters. The van der Waals surface area contributed by atoms with Crippen molar-refractivity contribution in [3.05, 3.63) is 130 Å². The van der Waals surface area contributed by atoms with Crippen LogP contribution in [0.25, 0.3) is 21.8 Å². The number of esters is 1. The van der Waals surface area contributed by atoms with Gasteiger partial charge in [0.25, 0.3) is 11.8 Å². The van der Waals surface area contributed by atoms with E-state index in [-0.39, 0.29) is 41.1 Å². The number of nitrogens with two attached hydrogens (primary N) is 2. The van der Waals surface area contributed by atoms with Gasteiger partial charge in [0.2, 0.25) is 11.9 Å². The predicted octanol–water partition coefficient (Wildman–Crippen LogP) is 6.23. The first-order valence-corrected chi connectivity index (χ1v) is 20.3. The second-order valence-electron chi connectivity index (χ2n) is 16.1. The lowest BCUT2D eigenvalue weighted by Gasteiger charge is -2.39. The van der Waals surface area contributed by atoms with Crippen molar-refractivity contribution >= 4 is 57.5 Å². The minimum absolute atomic E-state index is 0.0295. The van der Waals surface area contributed by atoms with Gasteiger partial charge >= 0.3 is 11.9 Å². The molecule has 14 heteroatoms. The van der Waals surface area contributed by atoms with Crippen molar-refractivity contribution in [2.45, 2.75) is 82.5 Å². The van der Waals surface area contributed by atoms with Gasteiger partial charge in [-0.15, -0.1) is 0 Å². The number of carboxylic acids is 1. The zero-order valence-corrected chi connectivity index (χ0v) is 33.2. The summed E-state index contributed by atoms with van der Waals surface area (Å²) in [6.45, 7) is 4.25. The third-order valence-corrected chi connectivity index (χ3v) is 12.7. The first-order valence-electron chi connectivity index (χ1n) is 20.3. The van der Waals surface area contributed by atoms with Crippen LogP contribution in [0, 0.1) is 0 Å². The summed E-state index contributed by atoms with van der Waals surface area (Å²) in [6.07, 6.45) is 4.49. The maximum atomic E-state index is 13.5. The molecule has 14 nitrogen and oxygen atoms in total. The summed E-state index contributed by atoms with van der Waals surface area (Å²) in [5, 5.41) is 10.9. The molecule has 4 heterocycles. The van der Waals surface area contributed by atoms with E-state index in [9.17, 15) is 24.3 Å². The van der Waals surface area contributed by atoms with Gasteiger partial charge in [-0.05, 0) is 90.3 Å². The molecule has 0 atom stereocenters. The highest BCUT2D eigenvalue weighted by Crippen LogP contribution is 2.46. The third-order valence-electron chi connectivity index (χ3n) is 12.7. The predicted molar refractivity (Wildman–Crippen MR) is 223 cm³/mol. The maximum Gasteiger partial charge on any atom is 0.316 e. The van der Waals surface area contributed by atoms with Crippen LogP contribution in [0.15, 0.2) is 84.9 Å². The van der Waals surface area contributed by atoms with E-state index < -0.39 is 16.8 Å². The standard InChI is InChI=1S/C24H24N4O3.C22H20N4O3/c1-2-31-22(30)24(10-5-11-24)17-8-9-19-18(12-17)20(27-23(25)26-19)21(29)28-13-15-6-3-4-7-16(15)14-28;23-21-24-17-7-6-15(22(20(28)29)8-3-9-22)10-16(17)18(25-21)19(27)26-11-13-4-1-2-5-14(13)12-26/h3-4,6-9,12H,2,5,10-11,13-14H2,1H3,(H2,25,26,27);1-2,4-7,10H,3,8-9,11-12H2,(H,28,29)(H2,23,24,25). The molecule has 60 heavy (non-hydrogen) atoms. The minimum Gasteiger partial charge on any atom is -0.481 e. The first kappa shape index (κ1) is 38.6. The van der Waals surface area contributed by atoms with Gasteiger partial charge in [0.15, 0.2) is 0 Å². The Morgan fingerprint density at radius 3 is 1.37 bits per heavy atom. The quantitative estimate of drug-likeness (QED) is 0.154. The number of carbonyl (C=O) groups excluding carboxylic acids is 3. The van der Waals surface area contributed by atoms with Crippen molar-refractivity contribution in [3.63, 3.8) is 0 Å². The Kier molecular flexibility index (Phi) is 9.64. The molecule has 5 N–H and O–H groups in total. The number of benzene rings is 4. The van der Waals surface area contributed by atoms with Crippen LogP contribution in [0.4, 0.5) is 11.9 Å². The van der Waals surface area contributed by atoms with Crippen LogP contribution in [0.5, 0.6) is 0 Å². The van der Waals surface area contributed by atoms with Crippen molar-refractivity contribution in [1.29, 1.82) is 0 Å². The van der Waals surface area contributed by atoms with Crippen molar-refractivity contribution < 1.29 is 29.0 Å². The number of fused-ring (bicyclic) bond motifs is 4. The van der Waals surface area contributed by atoms with Crippen LogP contribution in [0.1, 0.15) is 99.8 Å². The van der Waals surface area contributed by atoms with Crippen molar-refractivity contribution in [2.24, 2.45) is 0 Å². The summed E-state index contributed by atoms with van der Waals surface area (Å²) < 4.78 is 5.36. The van der Waals surface area contributed by atoms with E-state index in [1.807, 2.05) is 73.7 Å². The molecule has 2 aliphatic carbocycles. The smallest absolute Gasteiger partial charge is 0.316 e. The summed E-state index contributed by atoms with van der Waals surface area (Å²) >= 11 is 0. The van der Waals surface area contributed by atoms with Gasteiger partial charge in [0, 0.05) is 37.0 Å². The molecule has 2 fully saturated rings. The first-order chi connectivity index (χ1) is 29.0. The molecule has 0 spiro atoms. The zero-order valence-electron chi connectivity index (χ0n) is 33.2. The highest BCUT2D eigenvalue weighted by molar-refractivity contribution is 6.06. The minimum atomic E-state index is -0.889. The second kappa shape index (κ2) is 15.0. The number of hydrogen-bond donors (Lipinski definition) is 3. The van der Waals surface area contributed by atoms with Crippen LogP contribution in [0.2, 0.25) is 0 Å². The fourth-order valence-corrected chi connectivity index (χ4v) is 9.03. The number of carboxylic acid groups (broad SMARTS) is 1. The van der Waals surface area contributed by atoms with Gasteiger partial charge in [0.05, 0.1) is 28.5 Å². The lowest BCUT2D eigenvalue weighted by atomic mass is 9.64. The number of hydrogen-bond acceptors (Lipinski definition) is 11. The molecule has 0 radical (unpaired) electrons. The summed E-state index contributed by atoms with van der Waals surface area (Å²) in [5.74, 6) is -1.37. The maximum absolute atomic E-state index is 13.5. The Bertz CT molecular complexity index is 2700. The van der Waals surface area contributed by atoms with Gasteiger partial charge in [-0.3, -0.25) is 19.2 Å². The molecule has 4 aliphatic rings. The van der Waals surface area contributed by atoms with Crippen molar-refractivity contribution in [3.8, 4) is 0 Å². The van der Waals surface area contributed by atoms with Gasteiger partial charge in [0.1, 0.15) is 11.4 Å². The van der Waals surface area contributed by atoms with Gasteiger partial charge in [-0.1, -0.05) is 73.5 Å². The average molecular weight is 805 g/mol. The molecule has 4 aromatic carbocycles. The Morgan fingerprint density at radius 2 is 1.02 bits per heavy atom. The summed E-state index contributed by atoms with van der Waals surface area (Å²) in [7, 11) is 0. The van der Waals surface area contributed by atoms with Crippen LogP contribution in [0.3, 0.4) is 0 Å². The lowest BCUT2D eigenvalue weighted by molar-refractivity contribution is -0.154. The van der Waals surface area contributed by atoms with Crippen molar-refractivity contribution in [1.82, 2.24) is 29.7 Å². The normalized spacial score (nSPS) is 16.8. The fourth-order valence-electron chi connectivity index (χ4n) is 9.03. The summed E-state index contributed by atoms with van der Waals surface area (Å²) in [6, 6.07) is 26.8. The van der Waals surface area contributed by atoms with E-state index in [0.29, 0.717) is 73.0 Å². The number of aromatic nitrogens is 4.